The second-order valence-electron chi connectivity index (χ2n) is 4.41. The lowest BCUT2D eigenvalue weighted by atomic mass is 10.2. The minimum atomic E-state index is -3.73. The number of hydrogen-bond donors (Lipinski definition) is 0. The van der Waals surface area contributed by atoms with Gasteiger partial charge in [-0.05, 0) is 6.92 Å². The van der Waals surface area contributed by atoms with E-state index in [2.05, 4.69) is 0 Å². The average molecular weight is 357 g/mol. The highest BCUT2D eigenvalue weighted by molar-refractivity contribution is 8.00. The molecule has 0 spiro atoms. The van der Waals surface area contributed by atoms with Gasteiger partial charge in [-0.25, -0.2) is 8.42 Å². The van der Waals surface area contributed by atoms with E-state index in [-0.39, 0.29) is 25.5 Å². The molecule has 10 heteroatoms. The van der Waals surface area contributed by atoms with Gasteiger partial charge in [0.15, 0.2) is 4.34 Å². The molecule has 6 nitrogen and oxygen atoms in total. The van der Waals surface area contributed by atoms with Gasteiger partial charge in [0, 0.05) is 29.7 Å². The smallest absolute Gasteiger partial charge is 0.258 e. The fourth-order valence-corrected chi connectivity index (χ4v) is 6.74. The fraction of sp³-hybridized carbons (Fsp3) is 0.600. The van der Waals surface area contributed by atoms with Crippen LogP contribution in [0.5, 0.6) is 0 Å². The Morgan fingerprint density at radius 2 is 2.15 bits per heavy atom. The summed E-state index contributed by atoms with van der Waals surface area (Å²) in [6.45, 7) is 4.22. The number of rotatable bonds is 3. The first kappa shape index (κ1) is 16.0. The first-order valence-corrected chi connectivity index (χ1v) is 9.50. The molecule has 1 aromatic rings. The summed E-state index contributed by atoms with van der Waals surface area (Å²) >= 11 is 8.19. The normalized spacial score (nSPS) is 24.8. The number of thiophene rings is 1. The van der Waals surface area contributed by atoms with Crippen molar-refractivity contribution in [2.75, 3.05) is 12.3 Å². The molecule has 0 aliphatic carbocycles. The molecule has 112 valence electrons. The third kappa shape index (κ3) is 2.82. The van der Waals surface area contributed by atoms with Gasteiger partial charge >= 0.3 is 0 Å². The van der Waals surface area contributed by atoms with Gasteiger partial charge in [0.25, 0.3) is 15.7 Å². The summed E-state index contributed by atoms with van der Waals surface area (Å²) in [6.07, 6.45) is 0. The van der Waals surface area contributed by atoms with Crippen LogP contribution in [0.4, 0.5) is 5.69 Å². The zero-order valence-electron chi connectivity index (χ0n) is 10.8. The molecule has 1 aromatic heterocycles. The predicted octanol–water partition coefficient (Wildman–Crippen LogP) is 2.82. The molecule has 0 radical (unpaired) electrons. The van der Waals surface area contributed by atoms with Crippen LogP contribution in [-0.2, 0) is 10.0 Å². The van der Waals surface area contributed by atoms with Gasteiger partial charge in [-0.1, -0.05) is 18.5 Å². The second-order valence-corrected chi connectivity index (χ2v) is 9.67. The minimum absolute atomic E-state index is 0.0693. The molecule has 0 amide bonds. The summed E-state index contributed by atoms with van der Waals surface area (Å²) in [5, 5.41) is 11.0. The molecule has 20 heavy (non-hydrogen) atoms. The highest BCUT2D eigenvalue weighted by Gasteiger charge is 2.37. The van der Waals surface area contributed by atoms with Crippen LogP contribution in [0.3, 0.4) is 0 Å². The number of nitro groups is 1. The zero-order valence-corrected chi connectivity index (χ0v) is 14.0. The lowest BCUT2D eigenvalue weighted by molar-refractivity contribution is -0.384. The topological polar surface area (TPSA) is 80.5 Å². The first-order valence-electron chi connectivity index (χ1n) is 5.82. The van der Waals surface area contributed by atoms with E-state index in [4.69, 9.17) is 11.6 Å². The van der Waals surface area contributed by atoms with Crippen molar-refractivity contribution in [1.29, 1.82) is 0 Å². The summed E-state index contributed by atoms with van der Waals surface area (Å²) in [4.78, 5) is 10.1. The molecule has 2 atom stereocenters. The standard InChI is InChI=1S/C10H13ClN2O4S3/c1-6-7(2)18-4-3-12(6)20(16,17)9-5-8(13(14)15)10(11)19-9/h5-7H,3-4H2,1-2H3. The summed E-state index contributed by atoms with van der Waals surface area (Å²) in [5.41, 5.74) is -0.359. The predicted molar refractivity (Wildman–Crippen MR) is 81.3 cm³/mol. The zero-order chi connectivity index (χ0) is 15.1. The van der Waals surface area contributed by atoms with Gasteiger partial charge < -0.3 is 0 Å². The Labute approximate surface area is 130 Å². The van der Waals surface area contributed by atoms with Crippen molar-refractivity contribution in [3.8, 4) is 0 Å². The molecular formula is C10H13ClN2O4S3. The van der Waals surface area contributed by atoms with Crippen molar-refractivity contribution in [3.05, 3.63) is 20.5 Å². The van der Waals surface area contributed by atoms with E-state index in [0.29, 0.717) is 12.3 Å². The van der Waals surface area contributed by atoms with Gasteiger partial charge in [-0.3, -0.25) is 10.1 Å². The highest BCUT2D eigenvalue weighted by atomic mass is 35.5. The van der Waals surface area contributed by atoms with E-state index in [0.717, 1.165) is 17.4 Å². The SMILES string of the molecule is CC1SCCN(S(=O)(=O)c2cc([N+](=O)[O-])c(Cl)s2)C1C. The largest absolute Gasteiger partial charge is 0.300 e. The van der Waals surface area contributed by atoms with Crippen LogP contribution in [-0.4, -0.2) is 41.2 Å². The van der Waals surface area contributed by atoms with E-state index >= 15 is 0 Å². The maximum Gasteiger partial charge on any atom is 0.300 e. The third-order valence-corrected chi connectivity index (χ3v) is 8.34. The van der Waals surface area contributed by atoms with Gasteiger partial charge in [-0.15, -0.1) is 11.3 Å². The van der Waals surface area contributed by atoms with Crippen molar-refractivity contribution in [1.82, 2.24) is 4.31 Å². The average Bonchev–Trinajstić information content (AvgIpc) is 2.75. The molecule has 2 rings (SSSR count). The number of halogens is 1. The van der Waals surface area contributed by atoms with E-state index in [9.17, 15) is 18.5 Å². The number of thioether (sulfide) groups is 1. The Morgan fingerprint density at radius 1 is 1.50 bits per heavy atom. The van der Waals surface area contributed by atoms with Crippen molar-refractivity contribution < 1.29 is 13.3 Å². The van der Waals surface area contributed by atoms with Crippen molar-refractivity contribution >= 4 is 50.4 Å². The Kier molecular flexibility index (Phi) is 4.65. The number of hydrogen-bond acceptors (Lipinski definition) is 6. The van der Waals surface area contributed by atoms with Crippen LogP contribution >= 0.6 is 34.7 Å². The Balaban J connectivity index is 2.40. The van der Waals surface area contributed by atoms with Crippen LogP contribution in [0.25, 0.3) is 0 Å². The van der Waals surface area contributed by atoms with Crippen LogP contribution in [0.15, 0.2) is 10.3 Å². The molecule has 1 aliphatic rings. The quantitative estimate of drug-likeness (QED) is 0.614. The van der Waals surface area contributed by atoms with Crippen LogP contribution < -0.4 is 0 Å². The highest BCUT2D eigenvalue weighted by Crippen LogP contribution is 2.39. The summed E-state index contributed by atoms with van der Waals surface area (Å²) in [6, 6.07) is 0.889. The van der Waals surface area contributed by atoms with E-state index in [1.165, 1.54) is 4.31 Å². The lowest BCUT2D eigenvalue weighted by Crippen LogP contribution is -2.47. The molecule has 1 aliphatic heterocycles. The van der Waals surface area contributed by atoms with Crippen LogP contribution in [0, 0.1) is 10.1 Å². The van der Waals surface area contributed by atoms with E-state index in [1.54, 1.807) is 11.8 Å². The van der Waals surface area contributed by atoms with Gasteiger partial charge in [0.2, 0.25) is 0 Å². The summed E-state index contributed by atoms with van der Waals surface area (Å²) < 4.78 is 26.4. The summed E-state index contributed by atoms with van der Waals surface area (Å²) in [5.74, 6) is 0.714. The van der Waals surface area contributed by atoms with Crippen molar-refractivity contribution in [2.24, 2.45) is 0 Å². The maximum absolute atomic E-state index is 12.6. The number of sulfonamides is 1. The fourth-order valence-electron chi connectivity index (χ4n) is 1.95. The molecule has 0 aromatic carbocycles. The monoisotopic (exact) mass is 356 g/mol. The van der Waals surface area contributed by atoms with Crippen LogP contribution in [0.1, 0.15) is 13.8 Å². The summed E-state index contributed by atoms with van der Waals surface area (Å²) in [7, 11) is -3.73. The molecule has 0 saturated carbocycles. The maximum atomic E-state index is 12.6. The van der Waals surface area contributed by atoms with Crippen molar-refractivity contribution in [3.63, 3.8) is 0 Å². The Hall–Kier alpha value is -0.350. The number of nitrogens with zero attached hydrogens (tertiary/aromatic N) is 2. The Bertz CT molecular complexity index is 630. The molecule has 2 unspecified atom stereocenters. The van der Waals surface area contributed by atoms with E-state index in [1.807, 2.05) is 13.8 Å². The molecular weight excluding hydrogens is 344 g/mol. The second kappa shape index (κ2) is 5.80. The van der Waals surface area contributed by atoms with Crippen molar-refractivity contribution in [2.45, 2.75) is 29.3 Å². The molecule has 1 fully saturated rings. The van der Waals surface area contributed by atoms with Crippen LogP contribution in [0.2, 0.25) is 4.34 Å². The van der Waals surface area contributed by atoms with Gasteiger partial charge in [0.05, 0.1) is 4.92 Å². The minimum Gasteiger partial charge on any atom is -0.258 e. The van der Waals surface area contributed by atoms with Gasteiger partial charge in [-0.2, -0.15) is 16.1 Å². The first-order chi connectivity index (χ1) is 9.25. The van der Waals surface area contributed by atoms with Gasteiger partial charge in [0.1, 0.15) is 4.21 Å². The Morgan fingerprint density at radius 3 is 2.70 bits per heavy atom. The molecule has 1 saturated heterocycles. The molecule has 2 heterocycles. The van der Waals surface area contributed by atoms with E-state index < -0.39 is 14.9 Å². The molecule has 0 bridgehead atoms. The third-order valence-electron chi connectivity index (χ3n) is 3.23. The lowest BCUT2D eigenvalue weighted by Gasteiger charge is -2.35. The molecule has 0 N–H and O–H groups in total.